The van der Waals surface area contributed by atoms with E-state index in [-0.39, 0.29) is 17.5 Å². The van der Waals surface area contributed by atoms with Crippen LogP contribution in [0.15, 0.2) is 67.5 Å². The lowest BCUT2D eigenvalue weighted by Crippen LogP contribution is -2.27. The van der Waals surface area contributed by atoms with Crippen molar-refractivity contribution in [1.82, 2.24) is 45.3 Å². The Hall–Kier alpha value is -4.97. The summed E-state index contributed by atoms with van der Waals surface area (Å²) in [6.07, 6.45) is 8.65. The van der Waals surface area contributed by atoms with Gasteiger partial charge in [-0.1, -0.05) is 24.3 Å². The molecule has 2 amide bonds. The number of H-pyrrole nitrogens is 1. The van der Waals surface area contributed by atoms with E-state index in [4.69, 9.17) is 0 Å². The summed E-state index contributed by atoms with van der Waals surface area (Å²) in [4.78, 5) is 46.8. The second kappa shape index (κ2) is 10.7. The van der Waals surface area contributed by atoms with Crippen LogP contribution in [0, 0.1) is 0 Å². The van der Waals surface area contributed by atoms with Crippen molar-refractivity contribution in [2.45, 2.75) is 19.4 Å². The van der Waals surface area contributed by atoms with E-state index < -0.39 is 6.04 Å². The van der Waals surface area contributed by atoms with Gasteiger partial charge in [0.15, 0.2) is 5.65 Å². The van der Waals surface area contributed by atoms with E-state index in [1.54, 1.807) is 24.1 Å². The molecule has 0 aliphatic heterocycles. The van der Waals surface area contributed by atoms with Gasteiger partial charge in [-0.25, -0.2) is 15.0 Å². The lowest BCUT2D eigenvalue weighted by molar-refractivity contribution is 0.0933. The van der Waals surface area contributed by atoms with Crippen LogP contribution in [-0.2, 0) is 13.5 Å². The number of benzene rings is 1. The molecule has 0 saturated heterocycles. The number of rotatable bonds is 8. The highest BCUT2D eigenvalue weighted by Gasteiger charge is 2.21. The van der Waals surface area contributed by atoms with Gasteiger partial charge in [-0.3, -0.25) is 19.3 Å². The normalized spacial score (nSPS) is 12.1. The van der Waals surface area contributed by atoms with Gasteiger partial charge in [-0.05, 0) is 19.1 Å². The van der Waals surface area contributed by atoms with Crippen molar-refractivity contribution >= 4 is 45.1 Å². The first-order valence-corrected chi connectivity index (χ1v) is 13.5. The third kappa shape index (κ3) is 4.80. The van der Waals surface area contributed by atoms with E-state index in [2.05, 4.69) is 46.7 Å². The van der Waals surface area contributed by atoms with Gasteiger partial charge >= 0.3 is 0 Å². The molecule has 0 spiro atoms. The fourth-order valence-electron chi connectivity index (χ4n) is 4.68. The standard InChI is InChI=1S/C28H25N9O2S/c1-16(35-27(39)24-19-13-34-37(2)25(19)33-15-32-24)28-31-14-22(40-28)26(38)30-11-9-21-23(17-6-5-10-29-12-17)18-7-3-4-8-20(18)36-21/h3-8,10,12-16,36H,9,11H2,1-2H3,(H,30,38)(H,35,39). The zero-order valence-electron chi connectivity index (χ0n) is 21.8. The van der Waals surface area contributed by atoms with Crippen LogP contribution in [0.25, 0.3) is 33.1 Å². The molecule has 5 aromatic heterocycles. The smallest absolute Gasteiger partial charge is 0.271 e. The Kier molecular flexibility index (Phi) is 6.74. The molecule has 6 rings (SSSR count). The molecule has 1 atom stereocenters. The van der Waals surface area contributed by atoms with Gasteiger partial charge in [0.1, 0.15) is 21.9 Å². The summed E-state index contributed by atoms with van der Waals surface area (Å²) in [6.45, 7) is 2.25. The molecule has 5 heterocycles. The lowest BCUT2D eigenvalue weighted by Gasteiger charge is -2.11. The molecule has 12 heteroatoms. The van der Waals surface area contributed by atoms with E-state index in [0.29, 0.717) is 33.9 Å². The zero-order valence-corrected chi connectivity index (χ0v) is 22.6. The molecule has 1 unspecified atom stereocenters. The Morgan fingerprint density at radius 2 is 1.90 bits per heavy atom. The van der Waals surface area contributed by atoms with Gasteiger partial charge in [0.05, 0.1) is 23.8 Å². The van der Waals surface area contributed by atoms with E-state index in [9.17, 15) is 9.59 Å². The minimum absolute atomic E-state index is 0.214. The molecular weight excluding hydrogens is 526 g/mol. The lowest BCUT2D eigenvalue weighted by atomic mass is 10.0. The summed E-state index contributed by atoms with van der Waals surface area (Å²) < 4.78 is 1.58. The maximum Gasteiger partial charge on any atom is 0.271 e. The van der Waals surface area contributed by atoms with Crippen molar-refractivity contribution in [2.75, 3.05) is 6.54 Å². The molecular formula is C28H25N9O2S. The highest BCUT2D eigenvalue weighted by molar-refractivity contribution is 7.13. The quantitative estimate of drug-likeness (QED) is 0.261. The second-order valence-electron chi connectivity index (χ2n) is 9.26. The Labute approximate surface area is 232 Å². The molecule has 0 bridgehead atoms. The third-order valence-electron chi connectivity index (χ3n) is 6.60. The van der Waals surface area contributed by atoms with E-state index in [0.717, 1.165) is 27.7 Å². The van der Waals surface area contributed by atoms with Crippen molar-refractivity contribution in [3.05, 3.63) is 88.8 Å². The van der Waals surface area contributed by atoms with Crippen LogP contribution in [0.1, 0.15) is 43.8 Å². The van der Waals surface area contributed by atoms with E-state index in [1.165, 1.54) is 23.9 Å². The van der Waals surface area contributed by atoms with Gasteiger partial charge in [0.2, 0.25) is 0 Å². The number of pyridine rings is 1. The predicted molar refractivity (Wildman–Crippen MR) is 152 cm³/mol. The summed E-state index contributed by atoms with van der Waals surface area (Å²) in [5, 5.41) is 12.3. The number of hydrogen-bond donors (Lipinski definition) is 3. The maximum atomic E-state index is 12.9. The van der Waals surface area contributed by atoms with Crippen molar-refractivity contribution in [1.29, 1.82) is 0 Å². The summed E-state index contributed by atoms with van der Waals surface area (Å²) >= 11 is 1.24. The zero-order chi connectivity index (χ0) is 27.6. The Morgan fingerprint density at radius 3 is 2.75 bits per heavy atom. The molecule has 0 aliphatic carbocycles. The number of fused-ring (bicyclic) bond motifs is 2. The molecule has 0 radical (unpaired) electrons. The van der Waals surface area contributed by atoms with Crippen LogP contribution < -0.4 is 10.6 Å². The van der Waals surface area contributed by atoms with Crippen LogP contribution in [-0.4, -0.2) is 53.1 Å². The topological polar surface area (TPSA) is 143 Å². The monoisotopic (exact) mass is 551 g/mol. The maximum absolute atomic E-state index is 12.9. The number of nitrogens with zero attached hydrogens (tertiary/aromatic N) is 6. The average molecular weight is 552 g/mol. The number of hydrogen-bond acceptors (Lipinski definition) is 8. The Bertz CT molecular complexity index is 1840. The van der Waals surface area contributed by atoms with Gasteiger partial charge in [0.25, 0.3) is 11.8 Å². The summed E-state index contributed by atoms with van der Waals surface area (Å²) in [6, 6.07) is 11.7. The third-order valence-corrected chi connectivity index (χ3v) is 7.78. The molecule has 11 nitrogen and oxygen atoms in total. The molecule has 1 aromatic carbocycles. The van der Waals surface area contributed by atoms with Gasteiger partial charge < -0.3 is 15.6 Å². The van der Waals surface area contributed by atoms with Crippen LogP contribution in [0.4, 0.5) is 0 Å². The number of para-hydroxylation sites is 1. The fourth-order valence-corrected chi connectivity index (χ4v) is 5.51. The number of nitrogens with one attached hydrogen (secondary N) is 3. The first-order chi connectivity index (χ1) is 19.5. The fraction of sp³-hybridized carbons (Fsp3) is 0.179. The van der Waals surface area contributed by atoms with Crippen LogP contribution in [0.2, 0.25) is 0 Å². The largest absolute Gasteiger partial charge is 0.358 e. The van der Waals surface area contributed by atoms with Crippen LogP contribution in [0.5, 0.6) is 0 Å². The number of thiazole rings is 1. The van der Waals surface area contributed by atoms with Crippen molar-refractivity contribution < 1.29 is 9.59 Å². The number of carbonyl (C=O) groups excluding carboxylic acids is 2. The molecule has 6 aromatic rings. The average Bonchev–Trinajstić information content (AvgIpc) is 3.71. The Morgan fingerprint density at radius 1 is 1.02 bits per heavy atom. The number of aromatic amines is 1. The van der Waals surface area contributed by atoms with Gasteiger partial charge in [-0.15, -0.1) is 11.3 Å². The van der Waals surface area contributed by atoms with Crippen LogP contribution >= 0.6 is 11.3 Å². The Balaban J connectivity index is 1.11. The molecule has 0 aliphatic rings. The molecule has 0 fully saturated rings. The number of aryl methyl sites for hydroxylation is 1. The molecule has 0 saturated carbocycles. The van der Waals surface area contributed by atoms with Gasteiger partial charge in [-0.2, -0.15) is 5.10 Å². The summed E-state index contributed by atoms with van der Waals surface area (Å²) in [5.41, 5.74) is 4.99. The van der Waals surface area contributed by atoms with Crippen molar-refractivity contribution in [2.24, 2.45) is 7.05 Å². The van der Waals surface area contributed by atoms with Crippen LogP contribution in [0.3, 0.4) is 0 Å². The van der Waals surface area contributed by atoms with E-state index >= 15 is 0 Å². The van der Waals surface area contributed by atoms with Crippen molar-refractivity contribution in [3.63, 3.8) is 0 Å². The number of amides is 2. The predicted octanol–water partition coefficient (Wildman–Crippen LogP) is 3.83. The second-order valence-corrected chi connectivity index (χ2v) is 10.3. The summed E-state index contributed by atoms with van der Waals surface area (Å²) in [5.74, 6) is -0.578. The highest BCUT2D eigenvalue weighted by Crippen LogP contribution is 2.32. The first-order valence-electron chi connectivity index (χ1n) is 12.7. The molecule has 40 heavy (non-hydrogen) atoms. The minimum atomic E-state index is -0.422. The molecule has 3 N–H and O–H groups in total. The number of aromatic nitrogens is 7. The highest BCUT2D eigenvalue weighted by atomic mass is 32.1. The minimum Gasteiger partial charge on any atom is -0.358 e. The molecule has 200 valence electrons. The number of carbonyl (C=O) groups is 2. The SMILES string of the molecule is CC(NC(=O)c1ncnc2c1cnn2C)c1ncc(C(=O)NCCc2[nH]c3ccccc3c2-c2cccnc2)s1. The first kappa shape index (κ1) is 25.3. The van der Waals surface area contributed by atoms with Gasteiger partial charge in [0, 0.05) is 60.1 Å². The summed E-state index contributed by atoms with van der Waals surface area (Å²) in [7, 11) is 1.75. The van der Waals surface area contributed by atoms with E-state index in [1.807, 2.05) is 43.5 Å². The van der Waals surface area contributed by atoms with Crippen molar-refractivity contribution in [3.8, 4) is 11.1 Å².